The molecule has 14 heavy (non-hydrogen) atoms. The molecule has 0 fully saturated rings. The number of benzene rings is 1. The molecule has 0 spiro atoms. The molecule has 1 aromatic carbocycles. The van der Waals surface area contributed by atoms with Crippen molar-refractivity contribution in [3.8, 4) is 0 Å². The fraction of sp³-hybridized carbons (Fsp3) is 0.300. The summed E-state index contributed by atoms with van der Waals surface area (Å²) in [6, 6.07) is 3.92. The SMILES string of the molecule is Cc1ccc(NC(=O)C(C)N)cc1F. The van der Waals surface area contributed by atoms with Crippen molar-refractivity contribution < 1.29 is 9.18 Å². The number of hydrogen-bond donors (Lipinski definition) is 2. The summed E-state index contributed by atoms with van der Waals surface area (Å²) in [5.41, 5.74) is 6.32. The monoisotopic (exact) mass is 196 g/mol. The van der Waals surface area contributed by atoms with Crippen LogP contribution in [-0.4, -0.2) is 11.9 Å². The molecule has 0 aliphatic rings. The first-order valence-electron chi connectivity index (χ1n) is 4.33. The molecule has 76 valence electrons. The van der Waals surface area contributed by atoms with Crippen LogP contribution in [0.1, 0.15) is 12.5 Å². The molecule has 0 saturated heterocycles. The Morgan fingerprint density at radius 2 is 2.21 bits per heavy atom. The Kier molecular flexibility index (Phi) is 3.19. The van der Waals surface area contributed by atoms with Crippen LogP contribution in [0.3, 0.4) is 0 Å². The molecule has 1 aromatic rings. The van der Waals surface area contributed by atoms with Crippen LogP contribution >= 0.6 is 0 Å². The van der Waals surface area contributed by atoms with Crippen LogP contribution in [0, 0.1) is 12.7 Å². The predicted octanol–water partition coefficient (Wildman–Crippen LogP) is 1.42. The van der Waals surface area contributed by atoms with Gasteiger partial charge in [0.05, 0.1) is 6.04 Å². The van der Waals surface area contributed by atoms with Crippen LogP contribution in [0.15, 0.2) is 18.2 Å². The molecule has 0 aromatic heterocycles. The van der Waals surface area contributed by atoms with Crippen LogP contribution in [-0.2, 0) is 4.79 Å². The van der Waals surface area contributed by atoms with Crippen LogP contribution in [0.4, 0.5) is 10.1 Å². The number of carbonyl (C=O) groups excluding carboxylic acids is 1. The van der Waals surface area contributed by atoms with Crippen molar-refractivity contribution in [2.24, 2.45) is 5.73 Å². The highest BCUT2D eigenvalue weighted by atomic mass is 19.1. The lowest BCUT2D eigenvalue weighted by atomic mass is 10.2. The lowest BCUT2D eigenvalue weighted by molar-refractivity contribution is -0.117. The highest BCUT2D eigenvalue weighted by Gasteiger charge is 2.08. The minimum absolute atomic E-state index is 0.326. The van der Waals surface area contributed by atoms with Gasteiger partial charge in [-0.15, -0.1) is 0 Å². The minimum atomic E-state index is -0.598. The third-order valence-electron chi connectivity index (χ3n) is 1.85. The summed E-state index contributed by atoms with van der Waals surface area (Å²) in [5.74, 6) is -0.666. The molecule has 3 N–H and O–H groups in total. The van der Waals surface area contributed by atoms with Gasteiger partial charge in [0.15, 0.2) is 0 Å². The molecule has 1 amide bonds. The van der Waals surface area contributed by atoms with Crippen LogP contribution < -0.4 is 11.1 Å². The second-order valence-electron chi connectivity index (χ2n) is 3.24. The van der Waals surface area contributed by atoms with Crippen molar-refractivity contribution in [1.82, 2.24) is 0 Å². The largest absolute Gasteiger partial charge is 0.325 e. The Bertz CT molecular complexity index is 350. The normalized spacial score (nSPS) is 12.3. The Morgan fingerprint density at radius 1 is 1.57 bits per heavy atom. The van der Waals surface area contributed by atoms with E-state index in [2.05, 4.69) is 5.32 Å². The summed E-state index contributed by atoms with van der Waals surface area (Å²) >= 11 is 0. The van der Waals surface area contributed by atoms with Gasteiger partial charge in [0.1, 0.15) is 5.82 Å². The van der Waals surface area contributed by atoms with Crippen molar-refractivity contribution in [3.05, 3.63) is 29.6 Å². The summed E-state index contributed by atoms with van der Waals surface area (Å²) in [6.45, 7) is 3.23. The van der Waals surface area contributed by atoms with Gasteiger partial charge in [0, 0.05) is 5.69 Å². The molecular formula is C10H13FN2O. The topological polar surface area (TPSA) is 55.1 Å². The van der Waals surface area contributed by atoms with Gasteiger partial charge < -0.3 is 11.1 Å². The van der Waals surface area contributed by atoms with Crippen molar-refractivity contribution in [1.29, 1.82) is 0 Å². The third-order valence-corrected chi connectivity index (χ3v) is 1.85. The summed E-state index contributed by atoms with van der Waals surface area (Å²) in [7, 11) is 0. The van der Waals surface area contributed by atoms with E-state index in [0.29, 0.717) is 11.3 Å². The van der Waals surface area contributed by atoms with E-state index in [9.17, 15) is 9.18 Å². The average molecular weight is 196 g/mol. The molecule has 4 heteroatoms. The van der Waals surface area contributed by atoms with Gasteiger partial charge in [-0.05, 0) is 31.5 Å². The molecule has 0 radical (unpaired) electrons. The van der Waals surface area contributed by atoms with E-state index in [4.69, 9.17) is 5.73 Å². The van der Waals surface area contributed by atoms with E-state index in [-0.39, 0.29) is 11.7 Å². The smallest absolute Gasteiger partial charge is 0.241 e. The number of amides is 1. The minimum Gasteiger partial charge on any atom is -0.325 e. The Hall–Kier alpha value is -1.42. The van der Waals surface area contributed by atoms with Gasteiger partial charge in [-0.3, -0.25) is 4.79 Å². The lowest BCUT2D eigenvalue weighted by Gasteiger charge is -2.08. The standard InChI is InChI=1S/C10H13FN2O/c1-6-3-4-8(5-9(6)11)13-10(14)7(2)12/h3-5,7H,12H2,1-2H3,(H,13,14). The third kappa shape index (κ3) is 2.53. The van der Waals surface area contributed by atoms with E-state index in [1.54, 1.807) is 26.0 Å². The first kappa shape index (κ1) is 10.7. The number of nitrogens with one attached hydrogen (secondary N) is 1. The van der Waals surface area contributed by atoms with Gasteiger partial charge in [-0.2, -0.15) is 0 Å². The Morgan fingerprint density at radius 3 is 2.71 bits per heavy atom. The number of halogens is 1. The number of rotatable bonds is 2. The molecule has 1 atom stereocenters. The van der Waals surface area contributed by atoms with Crippen LogP contribution in [0.5, 0.6) is 0 Å². The highest BCUT2D eigenvalue weighted by Crippen LogP contribution is 2.13. The molecule has 0 saturated carbocycles. The van der Waals surface area contributed by atoms with Crippen molar-refractivity contribution in [2.75, 3.05) is 5.32 Å². The summed E-state index contributed by atoms with van der Waals surface area (Å²) in [6.07, 6.45) is 0. The maximum absolute atomic E-state index is 13.0. The number of hydrogen-bond acceptors (Lipinski definition) is 2. The van der Waals surface area contributed by atoms with Crippen molar-refractivity contribution in [2.45, 2.75) is 19.9 Å². The van der Waals surface area contributed by atoms with Gasteiger partial charge in [-0.25, -0.2) is 4.39 Å². The van der Waals surface area contributed by atoms with Crippen molar-refractivity contribution in [3.63, 3.8) is 0 Å². The first-order valence-corrected chi connectivity index (χ1v) is 4.33. The zero-order chi connectivity index (χ0) is 10.7. The molecule has 1 rings (SSSR count). The molecule has 0 aliphatic carbocycles. The fourth-order valence-corrected chi connectivity index (χ4v) is 0.927. The van der Waals surface area contributed by atoms with Gasteiger partial charge in [-0.1, -0.05) is 6.07 Å². The molecule has 1 unspecified atom stereocenters. The second kappa shape index (κ2) is 4.19. The van der Waals surface area contributed by atoms with E-state index < -0.39 is 6.04 Å². The molecule has 0 heterocycles. The van der Waals surface area contributed by atoms with Crippen LogP contribution in [0.2, 0.25) is 0 Å². The zero-order valence-corrected chi connectivity index (χ0v) is 8.17. The molecule has 0 aliphatic heterocycles. The maximum Gasteiger partial charge on any atom is 0.241 e. The first-order chi connectivity index (χ1) is 6.50. The number of aryl methyl sites for hydroxylation is 1. The number of anilines is 1. The zero-order valence-electron chi connectivity index (χ0n) is 8.17. The summed E-state index contributed by atoms with van der Waals surface area (Å²) < 4.78 is 13.0. The molecule has 3 nitrogen and oxygen atoms in total. The highest BCUT2D eigenvalue weighted by molar-refractivity contribution is 5.94. The average Bonchev–Trinajstić information content (AvgIpc) is 2.11. The summed E-state index contributed by atoms with van der Waals surface area (Å²) in [5, 5.41) is 2.51. The van der Waals surface area contributed by atoms with E-state index in [1.807, 2.05) is 0 Å². The predicted molar refractivity (Wildman–Crippen MR) is 53.4 cm³/mol. The molecular weight excluding hydrogens is 183 g/mol. The lowest BCUT2D eigenvalue weighted by Crippen LogP contribution is -2.32. The van der Waals surface area contributed by atoms with Crippen molar-refractivity contribution >= 4 is 11.6 Å². The number of nitrogens with two attached hydrogens (primary N) is 1. The van der Waals surface area contributed by atoms with Gasteiger partial charge >= 0.3 is 0 Å². The summed E-state index contributed by atoms with van der Waals surface area (Å²) in [4.78, 5) is 11.1. The van der Waals surface area contributed by atoms with E-state index in [0.717, 1.165) is 0 Å². The fourth-order valence-electron chi connectivity index (χ4n) is 0.927. The maximum atomic E-state index is 13.0. The van der Waals surface area contributed by atoms with Gasteiger partial charge in [0.25, 0.3) is 0 Å². The Labute approximate surface area is 82.1 Å². The quantitative estimate of drug-likeness (QED) is 0.751. The second-order valence-corrected chi connectivity index (χ2v) is 3.24. The van der Waals surface area contributed by atoms with Crippen LogP contribution in [0.25, 0.3) is 0 Å². The number of carbonyl (C=O) groups is 1. The van der Waals surface area contributed by atoms with E-state index >= 15 is 0 Å². The van der Waals surface area contributed by atoms with E-state index in [1.165, 1.54) is 6.07 Å². The molecule has 0 bridgehead atoms. The van der Waals surface area contributed by atoms with Gasteiger partial charge in [0.2, 0.25) is 5.91 Å². The Balaban J connectivity index is 2.78.